The van der Waals surface area contributed by atoms with Crippen LogP contribution >= 0.6 is 7.82 Å². The van der Waals surface area contributed by atoms with Crippen molar-refractivity contribution in [2.45, 2.75) is 251 Å². The molecule has 0 aliphatic rings. The molecule has 3 atom stereocenters. The van der Waals surface area contributed by atoms with Crippen LogP contribution in [-0.4, -0.2) is 66.5 Å². The van der Waals surface area contributed by atoms with Crippen LogP contribution in [0.15, 0.2) is 72.9 Å². The summed E-state index contributed by atoms with van der Waals surface area (Å²) in [5.41, 5.74) is 0. The first-order valence-electron chi connectivity index (χ1n) is 27.8. The fourth-order valence-electron chi connectivity index (χ4n) is 7.36. The van der Waals surface area contributed by atoms with Crippen molar-refractivity contribution in [2.24, 2.45) is 0 Å². The minimum Gasteiger partial charge on any atom is -0.462 e. The van der Waals surface area contributed by atoms with Crippen LogP contribution in [0.2, 0.25) is 0 Å². The Balaban J connectivity index is 4.80. The molecule has 0 fully saturated rings. The van der Waals surface area contributed by atoms with Crippen LogP contribution in [-0.2, 0) is 42.2 Å². The van der Waals surface area contributed by atoms with Gasteiger partial charge in [-0.15, -0.1) is 0 Å². The molecule has 0 saturated heterocycles. The van der Waals surface area contributed by atoms with Gasteiger partial charge in [-0.3, -0.25) is 23.4 Å². The minimum absolute atomic E-state index is 0.0540. The molecule has 11 nitrogen and oxygen atoms in total. The van der Waals surface area contributed by atoms with Gasteiger partial charge in [0, 0.05) is 19.3 Å². The minimum atomic E-state index is -4.77. The van der Waals surface area contributed by atoms with Gasteiger partial charge in [-0.25, -0.2) is 4.57 Å². The maximum atomic E-state index is 12.9. The third-order valence-electron chi connectivity index (χ3n) is 11.6. The summed E-state index contributed by atoms with van der Waals surface area (Å²) in [5, 5.41) is 9.77. The molecule has 70 heavy (non-hydrogen) atoms. The van der Waals surface area contributed by atoms with Gasteiger partial charge >= 0.3 is 25.7 Å². The average Bonchev–Trinajstić information content (AvgIpc) is 3.35. The molecule has 0 aromatic heterocycles. The number of hydrogen-bond donors (Lipinski definition) is 2. The Hall–Kier alpha value is -3.08. The van der Waals surface area contributed by atoms with Crippen molar-refractivity contribution in [1.29, 1.82) is 0 Å². The molecule has 404 valence electrons. The second-order valence-corrected chi connectivity index (χ2v) is 19.8. The second kappa shape index (κ2) is 52.2. The Kier molecular flexibility index (Phi) is 50.0. The summed E-state index contributed by atoms with van der Waals surface area (Å²) >= 11 is 0. The first-order chi connectivity index (χ1) is 34.2. The summed E-state index contributed by atoms with van der Waals surface area (Å²) in [6, 6.07) is 0. The summed E-state index contributed by atoms with van der Waals surface area (Å²) in [6.07, 6.45) is 57.4. The zero-order chi connectivity index (χ0) is 51.3. The number of allylic oxidation sites excluding steroid dienone is 12. The predicted molar refractivity (Wildman–Crippen MR) is 288 cm³/mol. The van der Waals surface area contributed by atoms with Crippen LogP contribution in [0.4, 0.5) is 0 Å². The van der Waals surface area contributed by atoms with Crippen LogP contribution in [0, 0.1) is 0 Å². The van der Waals surface area contributed by atoms with Crippen molar-refractivity contribution in [3.63, 3.8) is 0 Å². The number of phosphoric acid groups is 1. The van der Waals surface area contributed by atoms with Crippen molar-refractivity contribution < 1.29 is 52.2 Å². The molecule has 0 aliphatic heterocycles. The highest BCUT2D eigenvalue weighted by Gasteiger charge is 2.28. The Morgan fingerprint density at radius 3 is 1.24 bits per heavy atom. The standard InChI is InChI=1S/C58H101O11P/c1-4-7-10-13-16-19-22-25-26-27-28-31-34-37-40-43-46-49-58(62)69-55(51-65-56(60)47-44-41-38-35-32-29-23-20-17-14-11-8-5-2)53-67-70(63,64)66-52-54(50-59)68-57(61)48-45-42-39-36-33-30-24-21-18-15-12-9-6-3/h9,12,18,20-21,23,25-26,30,33,39,42,54-55,59H,4-8,10-11,13-17,19,22,24,27-29,31-32,34-38,40-41,43-53H2,1-3H3,(H,63,64)/b12-9-,21-18-,23-20-,26-25-,33-30-,42-39-. The number of unbranched alkanes of at least 4 members (excludes halogenated alkanes) is 22. The summed E-state index contributed by atoms with van der Waals surface area (Å²) in [7, 11) is -4.77. The van der Waals surface area contributed by atoms with Crippen LogP contribution in [0.1, 0.15) is 239 Å². The molecule has 0 radical (unpaired) electrons. The van der Waals surface area contributed by atoms with E-state index in [-0.39, 0.29) is 25.9 Å². The molecule has 0 spiro atoms. The van der Waals surface area contributed by atoms with Crippen molar-refractivity contribution in [2.75, 3.05) is 26.4 Å². The van der Waals surface area contributed by atoms with Crippen LogP contribution < -0.4 is 0 Å². The van der Waals surface area contributed by atoms with E-state index in [9.17, 15) is 28.9 Å². The van der Waals surface area contributed by atoms with Crippen LogP contribution in [0.25, 0.3) is 0 Å². The molecule has 0 amide bonds. The molecule has 0 bridgehead atoms. The maximum Gasteiger partial charge on any atom is 0.472 e. The number of esters is 3. The van der Waals surface area contributed by atoms with Crippen LogP contribution in [0.5, 0.6) is 0 Å². The van der Waals surface area contributed by atoms with Gasteiger partial charge in [0.25, 0.3) is 0 Å². The molecule has 0 rings (SSSR count). The molecule has 2 N–H and O–H groups in total. The average molecular weight is 1010 g/mol. The SMILES string of the molecule is CC/C=C\C/C=C\C/C=C\C/C=C\CCC(=O)OC(CO)COP(=O)(O)OCC(COC(=O)CCCCCCC/C=C\CCCCCC)OC(=O)CCCCCCCCC/C=C\CCCCCCCC. The van der Waals surface area contributed by atoms with Gasteiger partial charge in [-0.05, 0) is 96.3 Å². The Morgan fingerprint density at radius 2 is 0.771 bits per heavy atom. The van der Waals surface area contributed by atoms with Gasteiger partial charge in [0.15, 0.2) is 6.10 Å². The first-order valence-corrected chi connectivity index (χ1v) is 29.3. The van der Waals surface area contributed by atoms with Crippen molar-refractivity contribution >= 4 is 25.7 Å². The van der Waals surface area contributed by atoms with Gasteiger partial charge in [-0.2, -0.15) is 0 Å². The molecule has 12 heteroatoms. The predicted octanol–water partition coefficient (Wildman–Crippen LogP) is 16.1. The second-order valence-electron chi connectivity index (χ2n) is 18.4. The van der Waals surface area contributed by atoms with Gasteiger partial charge in [0.2, 0.25) is 0 Å². The number of hydrogen-bond acceptors (Lipinski definition) is 10. The smallest absolute Gasteiger partial charge is 0.462 e. The van der Waals surface area contributed by atoms with E-state index < -0.39 is 57.8 Å². The zero-order valence-electron chi connectivity index (χ0n) is 44.5. The number of phosphoric ester groups is 1. The molecule has 0 saturated carbocycles. The van der Waals surface area contributed by atoms with Crippen molar-refractivity contribution in [1.82, 2.24) is 0 Å². The quantitative estimate of drug-likeness (QED) is 0.0197. The fraction of sp³-hybridized carbons (Fsp3) is 0.741. The van der Waals surface area contributed by atoms with E-state index in [0.717, 1.165) is 96.3 Å². The van der Waals surface area contributed by atoms with Crippen molar-refractivity contribution in [3.05, 3.63) is 72.9 Å². The number of carbonyl (C=O) groups excluding carboxylic acids is 3. The lowest BCUT2D eigenvalue weighted by atomic mass is 10.1. The zero-order valence-corrected chi connectivity index (χ0v) is 45.4. The molecule has 0 aromatic rings. The lowest BCUT2D eigenvalue weighted by molar-refractivity contribution is -0.161. The number of ether oxygens (including phenoxy) is 3. The van der Waals surface area contributed by atoms with Gasteiger partial charge in [0.05, 0.1) is 19.8 Å². The molecule has 0 heterocycles. The fourth-order valence-corrected chi connectivity index (χ4v) is 8.14. The molecule has 0 aromatic carbocycles. The normalized spacial score (nSPS) is 14.0. The third-order valence-corrected chi connectivity index (χ3v) is 12.5. The van der Waals surface area contributed by atoms with Crippen LogP contribution in [0.3, 0.4) is 0 Å². The lowest BCUT2D eigenvalue weighted by Gasteiger charge is -2.21. The lowest BCUT2D eigenvalue weighted by Crippen LogP contribution is -2.30. The van der Waals surface area contributed by atoms with E-state index in [0.29, 0.717) is 19.3 Å². The van der Waals surface area contributed by atoms with E-state index in [1.807, 2.05) is 12.2 Å². The highest BCUT2D eigenvalue weighted by Crippen LogP contribution is 2.43. The molecular weight excluding hydrogens is 904 g/mol. The maximum absolute atomic E-state index is 12.9. The highest BCUT2D eigenvalue weighted by molar-refractivity contribution is 7.47. The Labute approximate surface area is 427 Å². The van der Waals surface area contributed by atoms with Gasteiger partial charge in [-0.1, -0.05) is 196 Å². The van der Waals surface area contributed by atoms with E-state index in [2.05, 4.69) is 81.5 Å². The van der Waals surface area contributed by atoms with Gasteiger partial charge in [0.1, 0.15) is 12.7 Å². The number of aliphatic hydroxyl groups is 1. The molecule has 0 aliphatic carbocycles. The van der Waals surface area contributed by atoms with Crippen molar-refractivity contribution in [3.8, 4) is 0 Å². The summed E-state index contributed by atoms with van der Waals surface area (Å²) < 4.78 is 39.4. The monoisotopic (exact) mass is 1000 g/mol. The number of aliphatic hydroxyl groups excluding tert-OH is 1. The number of carbonyl (C=O) groups is 3. The summed E-state index contributed by atoms with van der Waals surface area (Å²) in [6.45, 7) is 4.41. The molecule has 3 unspecified atom stereocenters. The summed E-state index contributed by atoms with van der Waals surface area (Å²) in [4.78, 5) is 48.4. The number of rotatable bonds is 51. The third kappa shape index (κ3) is 49.9. The topological polar surface area (TPSA) is 155 Å². The first kappa shape index (κ1) is 66.9. The largest absolute Gasteiger partial charge is 0.472 e. The molecular formula is C58H101O11P. The summed E-state index contributed by atoms with van der Waals surface area (Å²) in [5.74, 6) is -1.56. The van der Waals surface area contributed by atoms with E-state index in [1.54, 1.807) is 0 Å². The van der Waals surface area contributed by atoms with Gasteiger partial charge < -0.3 is 24.2 Å². The highest BCUT2D eigenvalue weighted by atomic mass is 31.2. The Morgan fingerprint density at radius 1 is 0.414 bits per heavy atom. The van der Waals surface area contributed by atoms with E-state index >= 15 is 0 Å². The van der Waals surface area contributed by atoms with E-state index in [1.165, 1.54) is 83.5 Å². The Bertz CT molecular complexity index is 1450. The van der Waals surface area contributed by atoms with E-state index in [4.69, 9.17) is 23.3 Å².